The van der Waals surface area contributed by atoms with Crippen molar-refractivity contribution in [2.45, 2.75) is 70.3 Å². The third kappa shape index (κ3) is 5.59. The number of carbonyl (C=O) groups excluding carboxylic acids is 1. The molecule has 4 atom stereocenters. The van der Waals surface area contributed by atoms with Crippen molar-refractivity contribution in [3.63, 3.8) is 0 Å². The minimum Gasteiger partial charge on any atom is -0.379 e. The molecule has 1 aromatic carbocycles. The van der Waals surface area contributed by atoms with Crippen molar-refractivity contribution in [1.82, 2.24) is 10.2 Å². The molecule has 1 saturated carbocycles. The van der Waals surface area contributed by atoms with Crippen LogP contribution in [0.4, 0.5) is 13.2 Å². The number of hydrogen-bond donors (Lipinski definition) is 1. The third-order valence-corrected chi connectivity index (χ3v) is 8.19. The fraction of sp³-hybridized carbons (Fsp3) is 0.667. The van der Waals surface area contributed by atoms with E-state index in [1.807, 2.05) is 11.0 Å². The first kappa shape index (κ1) is 26.2. The van der Waals surface area contributed by atoms with Crippen LogP contribution in [0.5, 0.6) is 0 Å². The van der Waals surface area contributed by atoms with Crippen LogP contribution in [0.2, 0.25) is 0 Å². The Morgan fingerprint density at radius 1 is 1.29 bits per heavy atom. The van der Waals surface area contributed by atoms with Gasteiger partial charge < -0.3 is 19.7 Å². The van der Waals surface area contributed by atoms with Crippen LogP contribution < -0.4 is 5.32 Å². The lowest BCUT2D eigenvalue weighted by Crippen LogP contribution is -2.52. The van der Waals surface area contributed by atoms with E-state index in [9.17, 15) is 18.0 Å². The number of methoxy groups -OCH3 is 1. The smallest absolute Gasteiger partial charge is 0.379 e. The molecule has 194 valence electrons. The summed E-state index contributed by atoms with van der Waals surface area (Å²) in [5.41, 5.74) is 0.389. The standard InChI is InChI=1S/C27H37F3N2O3/c1-18(2)26(11-7-22(16-26)31-23-10-14-35-17-24(23)34-3)25(33)32-12-8-19(9-13-32)20-5-4-6-21(15-20)27(28,29)30/h4-6,8,15,18,22-24,31H,7,9-14,16-17H2,1-3H3/t22-,23?,24?,26?/m1/s1. The average Bonchev–Trinajstić information content (AvgIpc) is 3.29. The third-order valence-electron chi connectivity index (χ3n) is 8.19. The zero-order chi connectivity index (χ0) is 25.2. The van der Waals surface area contributed by atoms with Crippen molar-refractivity contribution in [1.29, 1.82) is 0 Å². The lowest BCUT2D eigenvalue weighted by atomic mass is 9.74. The first-order chi connectivity index (χ1) is 16.6. The average molecular weight is 495 g/mol. The predicted octanol–water partition coefficient (Wildman–Crippen LogP) is 4.91. The molecular weight excluding hydrogens is 457 g/mol. The number of alkyl halides is 3. The molecule has 3 unspecified atom stereocenters. The summed E-state index contributed by atoms with van der Waals surface area (Å²) in [6, 6.07) is 5.94. The largest absolute Gasteiger partial charge is 0.416 e. The molecule has 0 radical (unpaired) electrons. The second-order valence-corrected chi connectivity index (χ2v) is 10.5. The van der Waals surface area contributed by atoms with Crippen LogP contribution in [0.3, 0.4) is 0 Å². The van der Waals surface area contributed by atoms with E-state index >= 15 is 0 Å². The molecule has 0 spiro atoms. The minimum atomic E-state index is -4.36. The molecule has 2 aliphatic heterocycles. The van der Waals surface area contributed by atoms with Crippen molar-refractivity contribution in [3.05, 3.63) is 41.5 Å². The summed E-state index contributed by atoms with van der Waals surface area (Å²) in [6.07, 6.45) is 1.60. The van der Waals surface area contributed by atoms with Crippen LogP contribution in [0.15, 0.2) is 30.3 Å². The number of carbonyl (C=O) groups is 1. The van der Waals surface area contributed by atoms with Crippen LogP contribution in [0, 0.1) is 11.3 Å². The molecule has 1 saturated heterocycles. The van der Waals surface area contributed by atoms with Crippen molar-refractivity contribution in [3.8, 4) is 0 Å². The van der Waals surface area contributed by atoms with E-state index in [-0.39, 0.29) is 30.0 Å². The van der Waals surface area contributed by atoms with Gasteiger partial charge in [-0.05, 0) is 61.3 Å². The summed E-state index contributed by atoms with van der Waals surface area (Å²) in [5, 5.41) is 3.75. The van der Waals surface area contributed by atoms with E-state index < -0.39 is 17.2 Å². The Morgan fingerprint density at radius 3 is 2.74 bits per heavy atom. The maximum atomic E-state index is 13.8. The van der Waals surface area contributed by atoms with Crippen LogP contribution >= 0.6 is 0 Å². The van der Waals surface area contributed by atoms with Crippen LogP contribution in [0.1, 0.15) is 57.1 Å². The van der Waals surface area contributed by atoms with Gasteiger partial charge in [-0.15, -0.1) is 0 Å². The van der Waals surface area contributed by atoms with Gasteiger partial charge in [0.1, 0.15) is 0 Å². The molecule has 5 nitrogen and oxygen atoms in total. The quantitative estimate of drug-likeness (QED) is 0.611. The van der Waals surface area contributed by atoms with Crippen molar-refractivity contribution in [2.75, 3.05) is 33.4 Å². The lowest BCUT2D eigenvalue weighted by Gasteiger charge is -2.39. The number of nitrogens with one attached hydrogen (secondary N) is 1. The van der Waals surface area contributed by atoms with Gasteiger partial charge >= 0.3 is 6.18 Å². The molecule has 1 aromatic rings. The molecule has 8 heteroatoms. The molecule has 0 aromatic heterocycles. The highest BCUT2D eigenvalue weighted by atomic mass is 19.4. The van der Waals surface area contributed by atoms with Crippen molar-refractivity contribution < 1.29 is 27.4 Å². The molecule has 1 amide bonds. The van der Waals surface area contributed by atoms with Gasteiger partial charge in [0, 0.05) is 38.9 Å². The fourth-order valence-electron chi connectivity index (χ4n) is 5.95. The number of amides is 1. The molecule has 4 rings (SSSR count). The summed E-state index contributed by atoms with van der Waals surface area (Å²) in [7, 11) is 1.71. The highest BCUT2D eigenvalue weighted by Gasteiger charge is 2.49. The van der Waals surface area contributed by atoms with E-state index in [1.54, 1.807) is 13.2 Å². The minimum absolute atomic E-state index is 0.0232. The zero-order valence-corrected chi connectivity index (χ0v) is 20.9. The lowest BCUT2D eigenvalue weighted by molar-refractivity contribution is -0.144. The fourth-order valence-corrected chi connectivity index (χ4v) is 5.95. The SMILES string of the molecule is COC1COCCC1N[C@@H]1CCC(C(=O)N2CC=C(c3cccc(C(F)(F)F)c3)CC2)(C(C)C)C1. The molecule has 1 aliphatic carbocycles. The first-order valence-corrected chi connectivity index (χ1v) is 12.7. The molecule has 35 heavy (non-hydrogen) atoms. The van der Waals surface area contributed by atoms with Gasteiger partial charge in [-0.1, -0.05) is 32.1 Å². The number of hydrogen-bond acceptors (Lipinski definition) is 4. The summed E-state index contributed by atoms with van der Waals surface area (Å²) >= 11 is 0. The molecule has 3 aliphatic rings. The Kier molecular flexibility index (Phi) is 7.93. The highest BCUT2D eigenvalue weighted by molar-refractivity contribution is 5.84. The summed E-state index contributed by atoms with van der Waals surface area (Å²) < 4.78 is 50.5. The maximum Gasteiger partial charge on any atom is 0.416 e. The number of nitrogens with zero attached hydrogens (tertiary/aromatic N) is 1. The van der Waals surface area contributed by atoms with Gasteiger partial charge in [0.15, 0.2) is 0 Å². The van der Waals surface area contributed by atoms with Gasteiger partial charge in [-0.25, -0.2) is 0 Å². The molecule has 2 fully saturated rings. The van der Waals surface area contributed by atoms with Crippen molar-refractivity contribution >= 4 is 11.5 Å². The second-order valence-electron chi connectivity index (χ2n) is 10.5. The monoisotopic (exact) mass is 494 g/mol. The Hall–Kier alpha value is -1.90. The predicted molar refractivity (Wildman–Crippen MR) is 129 cm³/mol. The van der Waals surface area contributed by atoms with Crippen molar-refractivity contribution in [2.24, 2.45) is 11.3 Å². The number of benzene rings is 1. The van der Waals surface area contributed by atoms with Crippen LogP contribution in [-0.2, 0) is 20.4 Å². The van der Waals surface area contributed by atoms with Gasteiger partial charge in [-0.3, -0.25) is 4.79 Å². The van der Waals surface area contributed by atoms with Gasteiger partial charge in [0.25, 0.3) is 0 Å². The Balaban J connectivity index is 1.43. The summed E-state index contributed by atoms with van der Waals surface area (Å²) in [5.74, 6) is 0.370. The first-order valence-electron chi connectivity index (χ1n) is 12.7. The Morgan fingerprint density at radius 2 is 2.09 bits per heavy atom. The maximum absolute atomic E-state index is 13.8. The molecule has 2 heterocycles. The summed E-state index contributed by atoms with van der Waals surface area (Å²) in [6.45, 7) is 6.51. The van der Waals surface area contributed by atoms with Gasteiger partial charge in [0.05, 0.1) is 23.7 Å². The van der Waals surface area contributed by atoms with E-state index in [0.717, 1.165) is 37.3 Å². The molecule has 1 N–H and O–H groups in total. The second kappa shape index (κ2) is 10.6. The normalized spacial score (nSPS) is 30.0. The van der Waals surface area contributed by atoms with Crippen LogP contribution in [-0.4, -0.2) is 62.4 Å². The zero-order valence-electron chi connectivity index (χ0n) is 20.9. The topological polar surface area (TPSA) is 50.8 Å². The van der Waals surface area contributed by atoms with E-state index in [1.165, 1.54) is 12.1 Å². The summed E-state index contributed by atoms with van der Waals surface area (Å²) in [4.78, 5) is 15.7. The highest BCUT2D eigenvalue weighted by Crippen LogP contribution is 2.46. The number of rotatable bonds is 6. The van der Waals surface area contributed by atoms with E-state index in [2.05, 4.69) is 19.2 Å². The number of halogens is 3. The van der Waals surface area contributed by atoms with Gasteiger partial charge in [0.2, 0.25) is 5.91 Å². The van der Waals surface area contributed by atoms with Crippen LogP contribution in [0.25, 0.3) is 5.57 Å². The Labute approximate surface area is 206 Å². The van der Waals surface area contributed by atoms with Gasteiger partial charge in [-0.2, -0.15) is 13.2 Å². The Bertz CT molecular complexity index is 932. The number of ether oxygens (including phenoxy) is 2. The molecular formula is C27H37F3N2O3. The van der Waals surface area contributed by atoms with E-state index in [0.29, 0.717) is 38.3 Å². The van der Waals surface area contributed by atoms with E-state index in [4.69, 9.17) is 9.47 Å². The molecule has 0 bridgehead atoms.